The number of carbonyl (C=O) groups is 2. The lowest BCUT2D eigenvalue weighted by Gasteiger charge is -2.35. The van der Waals surface area contributed by atoms with E-state index in [1.54, 1.807) is 35.6 Å². The number of hydrogen-bond acceptors (Lipinski definition) is 4. The fourth-order valence-electron chi connectivity index (χ4n) is 5.12. The highest BCUT2D eigenvalue weighted by atomic mass is 35.5. The zero-order valence-electron chi connectivity index (χ0n) is 21.0. The minimum Gasteiger partial charge on any atom is -0.438 e. The first-order chi connectivity index (χ1) is 17.8. The van der Waals surface area contributed by atoms with E-state index in [-0.39, 0.29) is 28.8 Å². The smallest absolute Gasteiger partial charge is 0.416 e. The zero-order chi connectivity index (χ0) is 27.9. The lowest BCUT2D eigenvalue weighted by atomic mass is 9.86. The third-order valence-corrected chi connectivity index (χ3v) is 8.06. The number of amides is 1. The van der Waals surface area contributed by atoms with E-state index >= 15 is 0 Å². The van der Waals surface area contributed by atoms with Crippen molar-refractivity contribution < 1.29 is 32.6 Å². The first kappa shape index (κ1) is 28.3. The number of aromatic nitrogens is 1. The van der Waals surface area contributed by atoms with Crippen LogP contribution in [-0.4, -0.2) is 46.3 Å². The average molecular weight is 571 g/mol. The van der Waals surface area contributed by atoms with Crippen LogP contribution in [0.4, 0.5) is 13.2 Å². The van der Waals surface area contributed by atoms with Crippen LogP contribution >= 0.6 is 23.2 Å². The molecule has 1 aromatic heterocycles. The number of aryl methyl sites for hydroxylation is 2. The first-order valence-corrected chi connectivity index (χ1v) is 12.8. The Kier molecular flexibility index (Phi) is 8.02. The summed E-state index contributed by atoms with van der Waals surface area (Å²) in [4.78, 5) is 27.1. The maximum Gasteiger partial charge on any atom is 0.416 e. The van der Waals surface area contributed by atoms with Gasteiger partial charge >= 0.3 is 12.1 Å². The summed E-state index contributed by atoms with van der Waals surface area (Å²) < 4.78 is 46.5. The van der Waals surface area contributed by atoms with E-state index in [4.69, 9.17) is 33.0 Å². The molecular formula is C27H27Cl2F3N2O4. The zero-order valence-corrected chi connectivity index (χ0v) is 22.5. The molecule has 2 aromatic carbocycles. The highest BCUT2D eigenvalue weighted by Crippen LogP contribution is 2.37. The van der Waals surface area contributed by atoms with Crippen molar-refractivity contribution in [1.29, 1.82) is 0 Å². The van der Waals surface area contributed by atoms with Gasteiger partial charge in [0.05, 0.1) is 22.1 Å². The molecule has 0 radical (unpaired) electrons. The summed E-state index contributed by atoms with van der Waals surface area (Å²) in [5.74, 6) is -1.41. The maximum absolute atomic E-state index is 13.4. The Balaban J connectivity index is 1.62. The minimum absolute atomic E-state index is 0.176. The summed E-state index contributed by atoms with van der Waals surface area (Å²) in [6.07, 6.45) is -3.87. The number of halogens is 5. The van der Waals surface area contributed by atoms with Gasteiger partial charge in [0.1, 0.15) is 0 Å². The lowest BCUT2D eigenvalue weighted by molar-refractivity contribution is -0.160. The number of alkyl halides is 3. The molecule has 1 fully saturated rings. The Morgan fingerprint density at radius 3 is 2.53 bits per heavy atom. The number of carbonyl (C=O) groups excluding carboxylic acids is 2. The van der Waals surface area contributed by atoms with E-state index in [1.165, 1.54) is 0 Å². The van der Waals surface area contributed by atoms with E-state index in [2.05, 4.69) is 0 Å². The summed E-state index contributed by atoms with van der Waals surface area (Å²) in [5, 5.41) is 10.1. The molecule has 1 amide bonds. The van der Waals surface area contributed by atoms with Crippen LogP contribution in [0, 0.1) is 18.8 Å². The Morgan fingerprint density at radius 1 is 1.18 bits per heavy atom. The molecule has 0 saturated carbocycles. The molecule has 3 aromatic rings. The molecule has 0 unspecified atom stereocenters. The van der Waals surface area contributed by atoms with Crippen LogP contribution in [0.1, 0.15) is 46.1 Å². The Morgan fingerprint density at radius 2 is 1.89 bits per heavy atom. The SMILES string of the molecule is Cc1cc(C(F)(F)F)cc2c1cc(Cc1c(Cl)ccc(C(=O)N3CC[C@@H](C(=O)OCO)[C@H](C)C3)c1Cl)n2C. The van der Waals surface area contributed by atoms with E-state index < -0.39 is 30.4 Å². The van der Waals surface area contributed by atoms with Gasteiger partial charge in [0, 0.05) is 48.2 Å². The fraction of sp³-hybridized carbons (Fsp3) is 0.407. The Labute approximate surface area is 227 Å². The standard InChI is InChI=1S/C27H27Cl2F3N2O4/c1-14-8-16(27(30,31)32)9-23-20(14)10-17(33(23)3)11-21-22(28)5-4-19(24(21)29)25(36)34-7-6-18(15(2)12-34)26(37)38-13-35/h4-5,8-10,15,18,35H,6-7,11-13H2,1-3H3/t15-,18-/m1/s1. The first-order valence-electron chi connectivity index (χ1n) is 12.0. The number of nitrogens with zero attached hydrogens (tertiary/aromatic N) is 2. The van der Waals surface area contributed by atoms with Crippen molar-refractivity contribution >= 4 is 46.0 Å². The molecule has 4 rings (SSSR count). The van der Waals surface area contributed by atoms with E-state index in [1.807, 2.05) is 13.0 Å². The normalized spacial score (nSPS) is 18.2. The van der Waals surface area contributed by atoms with Crippen molar-refractivity contribution in [3.05, 3.63) is 68.3 Å². The predicted octanol–water partition coefficient (Wildman–Crippen LogP) is 5.99. The summed E-state index contributed by atoms with van der Waals surface area (Å²) in [6, 6.07) is 7.19. The molecule has 204 valence electrons. The second-order valence-electron chi connectivity index (χ2n) is 9.70. The van der Waals surface area contributed by atoms with Gasteiger partial charge in [-0.25, -0.2) is 0 Å². The van der Waals surface area contributed by atoms with Crippen LogP contribution < -0.4 is 0 Å². The van der Waals surface area contributed by atoms with Gasteiger partial charge in [0.15, 0.2) is 6.79 Å². The molecule has 0 aliphatic carbocycles. The van der Waals surface area contributed by atoms with Gasteiger partial charge in [-0.3, -0.25) is 9.59 Å². The van der Waals surface area contributed by atoms with Crippen molar-refractivity contribution in [2.45, 2.75) is 32.9 Å². The molecule has 1 aliphatic heterocycles. The van der Waals surface area contributed by atoms with E-state index in [0.717, 1.165) is 12.1 Å². The molecule has 11 heteroatoms. The molecule has 0 bridgehead atoms. The summed E-state index contributed by atoms with van der Waals surface area (Å²) in [6.45, 7) is 3.40. The van der Waals surface area contributed by atoms with Gasteiger partial charge in [-0.15, -0.1) is 0 Å². The number of hydrogen-bond donors (Lipinski definition) is 1. The number of esters is 1. The quantitative estimate of drug-likeness (QED) is 0.302. The topological polar surface area (TPSA) is 71.8 Å². The molecule has 1 N–H and O–H groups in total. The second-order valence-corrected chi connectivity index (χ2v) is 10.5. The van der Waals surface area contributed by atoms with Crippen molar-refractivity contribution in [2.24, 2.45) is 18.9 Å². The van der Waals surface area contributed by atoms with Crippen molar-refractivity contribution in [2.75, 3.05) is 19.9 Å². The highest BCUT2D eigenvalue weighted by Gasteiger charge is 2.35. The minimum atomic E-state index is -4.46. The molecule has 1 saturated heterocycles. The molecule has 2 heterocycles. The number of rotatable bonds is 5. The predicted molar refractivity (Wildman–Crippen MR) is 138 cm³/mol. The maximum atomic E-state index is 13.4. The van der Waals surface area contributed by atoms with Gasteiger partial charge in [-0.05, 0) is 60.7 Å². The Bertz CT molecular complexity index is 1400. The fourth-order valence-corrected chi connectivity index (χ4v) is 5.71. The number of ether oxygens (including phenoxy) is 1. The lowest BCUT2D eigenvalue weighted by Crippen LogP contribution is -2.45. The average Bonchev–Trinajstić information content (AvgIpc) is 3.16. The summed E-state index contributed by atoms with van der Waals surface area (Å²) >= 11 is 13.2. The third kappa shape index (κ3) is 5.37. The number of piperidine rings is 1. The van der Waals surface area contributed by atoms with Gasteiger partial charge in [-0.1, -0.05) is 30.1 Å². The van der Waals surface area contributed by atoms with Crippen molar-refractivity contribution in [1.82, 2.24) is 9.47 Å². The molecule has 0 spiro atoms. The monoisotopic (exact) mass is 570 g/mol. The van der Waals surface area contributed by atoms with Crippen LogP contribution in [0.2, 0.25) is 10.0 Å². The van der Waals surface area contributed by atoms with Crippen molar-refractivity contribution in [3.8, 4) is 0 Å². The summed E-state index contributed by atoms with van der Waals surface area (Å²) in [5.41, 5.74) is 1.65. The van der Waals surface area contributed by atoms with E-state index in [0.29, 0.717) is 52.3 Å². The van der Waals surface area contributed by atoms with Gasteiger partial charge < -0.3 is 19.3 Å². The van der Waals surface area contributed by atoms with Crippen LogP contribution in [0.25, 0.3) is 10.9 Å². The van der Waals surface area contributed by atoms with Crippen molar-refractivity contribution in [3.63, 3.8) is 0 Å². The van der Waals surface area contributed by atoms with Gasteiger partial charge in [0.2, 0.25) is 0 Å². The van der Waals surface area contributed by atoms with Crippen LogP contribution in [0.5, 0.6) is 0 Å². The number of likely N-dealkylation sites (tertiary alicyclic amines) is 1. The Hall–Kier alpha value is -2.75. The molecule has 38 heavy (non-hydrogen) atoms. The number of aliphatic hydroxyl groups excluding tert-OH is 1. The van der Waals surface area contributed by atoms with Gasteiger partial charge in [0.25, 0.3) is 5.91 Å². The largest absolute Gasteiger partial charge is 0.438 e. The molecule has 2 atom stereocenters. The van der Waals surface area contributed by atoms with Crippen LogP contribution in [-0.2, 0) is 29.2 Å². The number of aliphatic hydroxyl groups is 1. The van der Waals surface area contributed by atoms with Crippen LogP contribution in [0.3, 0.4) is 0 Å². The number of benzene rings is 2. The molecule has 6 nitrogen and oxygen atoms in total. The van der Waals surface area contributed by atoms with E-state index in [9.17, 15) is 22.8 Å². The molecule has 1 aliphatic rings. The second kappa shape index (κ2) is 10.8. The van der Waals surface area contributed by atoms with Gasteiger partial charge in [-0.2, -0.15) is 13.2 Å². The molecular weight excluding hydrogens is 544 g/mol. The number of fused-ring (bicyclic) bond motifs is 1. The highest BCUT2D eigenvalue weighted by molar-refractivity contribution is 6.38. The third-order valence-electron chi connectivity index (χ3n) is 7.27. The van der Waals surface area contributed by atoms with Crippen LogP contribution in [0.15, 0.2) is 30.3 Å². The summed E-state index contributed by atoms with van der Waals surface area (Å²) in [7, 11) is 1.68.